The number of Topliss-reactive ketones (excluding diaryl/α,β-unsaturated/α-hetero) is 1. The molecule has 5 nitrogen and oxygen atoms in total. The van der Waals surface area contributed by atoms with E-state index in [0.717, 1.165) is 10.0 Å². The first-order chi connectivity index (χ1) is 12.5. The molecule has 0 unspecified atom stereocenters. The summed E-state index contributed by atoms with van der Waals surface area (Å²) in [4.78, 5) is 23.4. The zero-order valence-electron chi connectivity index (χ0n) is 13.8. The number of hydrogen-bond donors (Lipinski definition) is 1. The van der Waals surface area contributed by atoms with E-state index < -0.39 is 0 Å². The van der Waals surface area contributed by atoms with E-state index in [1.165, 1.54) is 30.0 Å². The molecule has 3 rings (SSSR count). The van der Waals surface area contributed by atoms with E-state index in [-0.39, 0.29) is 17.4 Å². The average Bonchev–Trinajstić information content (AvgIpc) is 3.02. The van der Waals surface area contributed by atoms with Gasteiger partial charge < -0.3 is 5.32 Å². The first-order valence-electron chi connectivity index (χ1n) is 7.72. The van der Waals surface area contributed by atoms with Crippen LogP contribution in [0.4, 0.5) is 5.69 Å². The predicted molar refractivity (Wildman–Crippen MR) is 108 cm³/mol. The molecule has 0 bridgehead atoms. The van der Waals surface area contributed by atoms with Gasteiger partial charge in [-0.05, 0) is 55.5 Å². The normalized spacial score (nSPS) is 10.5. The number of aromatic nitrogens is 2. The Morgan fingerprint density at radius 2 is 1.85 bits per heavy atom. The predicted octanol–water partition coefficient (Wildman–Crippen LogP) is 4.60. The summed E-state index contributed by atoms with van der Waals surface area (Å²) >= 11 is 8.06. The van der Waals surface area contributed by atoms with Crippen molar-refractivity contribution in [3.05, 3.63) is 64.1 Å². The quantitative estimate of drug-likeness (QED) is 0.372. The summed E-state index contributed by atoms with van der Waals surface area (Å²) in [6.07, 6.45) is 0. The number of hydrogen-bond acceptors (Lipinski definition) is 6. The summed E-state index contributed by atoms with van der Waals surface area (Å²) in [5.74, 6) is 0.0810. The van der Waals surface area contributed by atoms with Crippen LogP contribution < -0.4 is 5.32 Å². The molecule has 0 atom stereocenters. The molecule has 132 valence electrons. The SMILES string of the molecule is CC(=O)c1ccc(NC(=O)CSc2nn(-c3ccccc3)c(=S)s2)cc1. The zero-order valence-corrected chi connectivity index (χ0v) is 16.3. The Kier molecular flexibility index (Phi) is 5.97. The highest BCUT2D eigenvalue weighted by Crippen LogP contribution is 2.24. The molecule has 1 heterocycles. The minimum Gasteiger partial charge on any atom is -0.325 e. The van der Waals surface area contributed by atoms with Crippen molar-refractivity contribution in [1.82, 2.24) is 9.78 Å². The van der Waals surface area contributed by atoms with Gasteiger partial charge in [0.25, 0.3) is 0 Å². The smallest absolute Gasteiger partial charge is 0.234 e. The van der Waals surface area contributed by atoms with Crippen molar-refractivity contribution in [3.63, 3.8) is 0 Å². The number of benzene rings is 2. The molecule has 0 aliphatic carbocycles. The average molecular weight is 402 g/mol. The third kappa shape index (κ3) is 4.66. The molecular formula is C18H15N3O2S3. The highest BCUT2D eigenvalue weighted by Gasteiger charge is 2.09. The van der Waals surface area contributed by atoms with Crippen LogP contribution in [0.15, 0.2) is 58.9 Å². The van der Waals surface area contributed by atoms with Gasteiger partial charge in [-0.2, -0.15) is 0 Å². The van der Waals surface area contributed by atoms with Crippen LogP contribution in [0, 0.1) is 3.95 Å². The minimum atomic E-state index is -0.141. The van der Waals surface area contributed by atoms with Gasteiger partial charge in [0.15, 0.2) is 14.1 Å². The van der Waals surface area contributed by atoms with Crippen LogP contribution in [-0.4, -0.2) is 27.2 Å². The van der Waals surface area contributed by atoms with Crippen molar-refractivity contribution in [3.8, 4) is 5.69 Å². The standard InChI is InChI=1S/C18H15N3O2S3/c1-12(22)13-7-9-14(10-8-13)19-16(23)11-25-17-20-21(18(24)26-17)15-5-3-2-4-6-15/h2-10H,11H2,1H3,(H,19,23). The van der Waals surface area contributed by atoms with Crippen molar-refractivity contribution in [2.75, 3.05) is 11.1 Å². The van der Waals surface area contributed by atoms with Crippen LogP contribution in [0.1, 0.15) is 17.3 Å². The fraction of sp³-hybridized carbons (Fsp3) is 0.111. The van der Waals surface area contributed by atoms with Crippen LogP contribution in [0.2, 0.25) is 0 Å². The zero-order chi connectivity index (χ0) is 18.5. The van der Waals surface area contributed by atoms with Crippen LogP contribution in [-0.2, 0) is 4.79 Å². The Morgan fingerprint density at radius 1 is 1.15 bits per heavy atom. The molecule has 8 heteroatoms. The molecule has 3 aromatic rings. The van der Waals surface area contributed by atoms with Gasteiger partial charge in [0.05, 0.1) is 11.4 Å². The van der Waals surface area contributed by atoms with Crippen LogP contribution in [0.25, 0.3) is 5.69 Å². The van der Waals surface area contributed by atoms with E-state index in [0.29, 0.717) is 15.2 Å². The Labute approximate surface area is 164 Å². The molecule has 0 saturated carbocycles. The monoisotopic (exact) mass is 401 g/mol. The maximum Gasteiger partial charge on any atom is 0.234 e. The molecule has 0 fully saturated rings. The van der Waals surface area contributed by atoms with Crippen LogP contribution in [0.3, 0.4) is 0 Å². The van der Waals surface area contributed by atoms with E-state index in [4.69, 9.17) is 12.2 Å². The number of amides is 1. The third-order valence-corrected chi connectivity index (χ3v) is 5.80. The van der Waals surface area contributed by atoms with Gasteiger partial charge >= 0.3 is 0 Å². The number of thioether (sulfide) groups is 1. The Hall–Kier alpha value is -2.29. The second-order valence-corrected chi connectivity index (χ2v) is 8.20. The second-order valence-electron chi connectivity index (χ2n) is 5.35. The molecule has 26 heavy (non-hydrogen) atoms. The fourth-order valence-electron chi connectivity index (χ4n) is 2.16. The Morgan fingerprint density at radius 3 is 2.50 bits per heavy atom. The molecule has 0 spiro atoms. The molecule has 0 radical (unpaired) electrons. The first-order valence-corrected chi connectivity index (χ1v) is 9.93. The van der Waals surface area contributed by atoms with E-state index in [1.807, 2.05) is 30.3 Å². The van der Waals surface area contributed by atoms with Gasteiger partial charge in [0, 0.05) is 11.3 Å². The third-order valence-electron chi connectivity index (χ3n) is 3.43. The van der Waals surface area contributed by atoms with Gasteiger partial charge in [0.1, 0.15) is 0 Å². The van der Waals surface area contributed by atoms with Crippen LogP contribution >= 0.6 is 35.3 Å². The number of para-hydroxylation sites is 1. The number of nitrogens with one attached hydrogen (secondary N) is 1. The Balaban J connectivity index is 1.60. The lowest BCUT2D eigenvalue weighted by molar-refractivity contribution is -0.113. The van der Waals surface area contributed by atoms with Crippen molar-refractivity contribution < 1.29 is 9.59 Å². The van der Waals surface area contributed by atoms with E-state index in [2.05, 4.69) is 10.4 Å². The number of carbonyl (C=O) groups excluding carboxylic acids is 2. The van der Waals surface area contributed by atoms with Gasteiger partial charge in [-0.1, -0.05) is 41.3 Å². The summed E-state index contributed by atoms with van der Waals surface area (Å²) in [7, 11) is 0. The molecule has 0 aliphatic rings. The van der Waals surface area contributed by atoms with Gasteiger partial charge in [-0.15, -0.1) is 5.10 Å². The highest BCUT2D eigenvalue weighted by atomic mass is 32.2. The topological polar surface area (TPSA) is 64.0 Å². The van der Waals surface area contributed by atoms with Gasteiger partial charge in [-0.3, -0.25) is 9.59 Å². The lowest BCUT2D eigenvalue weighted by Gasteiger charge is -2.04. The molecule has 0 saturated heterocycles. The molecule has 0 aliphatic heterocycles. The number of rotatable bonds is 6. The van der Waals surface area contributed by atoms with Crippen molar-refractivity contribution in [2.45, 2.75) is 11.3 Å². The molecule has 1 N–H and O–H groups in total. The minimum absolute atomic E-state index is 0.00589. The molecule has 1 amide bonds. The highest BCUT2D eigenvalue weighted by molar-refractivity contribution is 8.01. The molecular weight excluding hydrogens is 386 g/mol. The Bertz CT molecular complexity index is 979. The summed E-state index contributed by atoms with van der Waals surface area (Å²) in [5, 5.41) is 7.27. The number of nitrogens with zero attached hydrogens (tertiary/aromatic N) is 2. The van der Waals surface area contributed by atoms with Gasteiger partial charge in [-0.25, -0.2) is 4.68 Å². The summed E-state index contributed by atoms with van der Waals surface area (Å²) < 4.78 is 3.07. The van der Waals surface area contributed by atoms with E-state index in [9.17, 15) is 9.59 Å². The number of carbonyl (C=O) groups is 2. The molecule has 2 aromatic carbocycles. The number of anilines is 1. The molecule has 1 aromatic heterocycles. The van der Waals surface area contributed by atoms with E-state index in [1.54, 1.807) is 28.9 Å². The second kappa shape index (κ2) is 8.39. The fourth-order valence-corrected chi connectivity index (χ4v) is 4.33. The summed E-state index contributed by atoms with van der Waals surface area (Å²) in [6, 6.07) is 16.5. The number of ketones is 1. The lowest BCUT2D eigenvalue weighted by atomic mass is 10.1. The van der Waals surface area contributed by atoms with E-state index >= 15 is 0 Å². The van der Waals surface area contributed by atoms with Crippen molar-refractivity contribution >= 4 is 52.7 Å². The largest absolute Gasteiger partial charge is 0.325 e. The summed E-state index contributed by atoms with van der Waals surface area (Å²) in [6.45, 7) is 1.51. The summed E-state index contributed by atoms with van der Waals surface area (Å²) in [5.41, 5.74) is 2.17. The maximum atomic E-state index is 12.1. The lowest BCUT2D eigenvalue weighted by Crippen LogP contribution is -2.14. The van der Waals surface area contributed by atoms with Gasteiger partial charge in [0.2, 0.25) is 5.91 Å². The van der Waals surface area contributed by atoms with Crippen molar-refractivity contribution in [2.24, 2.45) is 0 Å². The first kappa shape index (κ1) is 18.5. The maximum absolute atomic E-state index is 12.1. The van der Waals surface area contributed by atoms with Crippen LogP contribution in [0.5, 0.6) is 0 Å². The van der Waals surface area contributed by atoms with Crippen molar-refractivity contribution in [1.29, 1.82) is 0 Å².